The SMILES string of the molecule is NC1=CCC(N)=C1c1c(-c2ccccc2)[nH]c2ccccc2c1=O. The van der Waals surface area contributed by atoms with Gasteiger partial charge in [0.25, 0.3) is 0 Å². The lowest BCUT2D eigenvalue weighted by Crippen LogP contribution is -2.16. The quantitative estimate of drug-likeness (QED) is 0.679. The van der Waals surface area contributed by atoms with Crippen molar-refractivity contribution in [2.45, 2.75) is 6.42 Å². The van der Waals surface area contributed by atoms with E-state index < -0.39 is 0 Å². The number of aromatic amines is 1. The molecule has 0 radical (unpaired) electrons. The minimum Gasteiger partial charge on any atom is -0.401 e. The van der Waals surface area contributed by atoms with Gasteiger partial charge in [-0.2, -0.15) is 0 Å². The van der Waals surface area contributed by atoms with E-state index in [4.69, 9.17) is 11.5 Å². The largest absolute Gasteiger partial charge is 0.401 e. The molecule has 24 heavy (non-hydrogen) atoms. The Hall–Kier alpha value is -3.27. The van der Waals surface area contributed by atoms with Gasteiger partial charge >= 0.3 is 0 Å². The van der Waals surface area contributed by atoms with Crippen LogP contribution in [-0.4, -0.2) is 4.98 Å². The van der Waals surface area contributed by atoms with E-state index in [1.165, 1.54) is 0 Å². The standard InChI is InChI=1S/C20H17N3O/c21-14-10-11-15(22)17(14)18-19(12-6-2-1-3-7-12)23-16-9-5-4-8-13(16)20(18)24/h1-10H,11,21-22H2,(H,23,24). The maximum atomic E-state index is 13.2. The number of hydrogen-bond acceptors (Lipinski definition) is 3. The average molecular weight is 315 g/mol. The van der Waals surface area contributed by atoms with E-state index in [9.17, 15) is 4.79 Å². The summed E-state index contributed by atoms with van der Waals surface area (Å²) in [6.45, 7) is 0. The van der Waals surface area contributed by atoms with Crippen LogP contribution in [0.2, 0.25) is 0 Å². The average Bonchev–Trinajstić information content (AvgIpc) is 2.94. The third-order valence-corrected chi connectivity index (χ3v) is 4.37. The summed E-state index contributed by atoms with van der Waals surface area (Å²) in [5.41, 5.74) is 17.1. The molecule has 0 bridgehead atoms. The van der Waals surface area contributed by atoms with Crippen molar-refractivity contribution in [3.8, 4) is 11.3 Å². The number of pyridine rings is 1. The number of allylic oxidation sites excluding steroid dienone is 2. The normalized spacial score (nSPS) is 14.2. The first-order chi connectivity index (χ1) is 11.7. The van der Waals surface area contributed by atoms with Crippen LogP contribution in [-0.2, 0) is 0 Å². The third kappa shape index (κ3) is 2.12. The summed E-state index contributed by atoms with van der Waals surface area (Å²) in [7, 11) is 0. The van der Waals surface area contributed by atoms with Gasteiger partial charge in [-0.15, -0.1) is 0 Å². The molecule has 0 amide bonds. The summed E-state index contributed by atoms with van der Waals surface area (Å²) in [4.78, 5) is 16.6. The highest BCUT2D eigenvalue weighted by Gasteiger charge is 2.23. The zero-order valence-corrected chi connectivity index (χ0v) is 13.0. The molecule has 0 saturated carbocycles. The molecule has 0 atom stereocenters. The molecular formula is C20H17N3O. The van der Waals surface area contributed by atoms with Crippen LogP contribution < -0.4 is 16.9 Å². The summed E-state index contributed by atoms with van der Waals surface area (Å²) in [5, 5.41) is 0.632. The van der Waals surface area contributed by atoms with E-state index >= 15 is 0 Å². The Morgan fingerprint density at radius 1 is 0.917 bits per heavy atom. The molecule has 1 aliphatic carbocycles. The first kappa shape index (κ1) is 14.3. The molecular weight excluding hydrogens is 298 g/mol. The van der Waals surface area contributed by atoms with Gasteiger partial charge in [-0.1, -0.05) is 48.5 Å². The van der Waals surface area contributed by atoms with Crippen LogP contribution in [0.3, 0.4) is 0 Å². The van der Waals surface area contributed by atoms with Crippen LogP contribution in [0.15, 0.2) is 76.9 Å². The van der Waals surface area contributed by atoms with Gasteiger partial charge in [0.05, 0.1) is 11.3 Å². The molecule has 1 aromatic heterocycles. The number of H-pyrrole nitrogens is 1. The molecule has 0 aliphatic heterocycles. The Morgan fingerprint density at radius 3 is 2.33 bits per heavy atom. The van der Waals surface area contributed by atoms with Gasteiger partial charge in [-0.3, -0.25) is 4.79 Å². The fourth-order valence-electron chi connectivity index (χ4n) is 3.21. The van der Waals surface area contributed by atoms with Crippen molar-refractivity contribution in [1.29, 1.82) is 0 Å². The van der Waals surface area contributed by atoms with Crippen molar-refractivity contribution >= 4 is 16.5 Å². The maximum absolute atomic E-state index is 13.2. The molecule has 1 heterocycles. The van der Waals surface area contributed by atoms with Crippen LogP contribution >= 0.6 is 0 Å². The maximum Gasteiger partial charge on any atom is 0.197 e. The lowest BCUT2D eigenvalue weighted by molar-refractivity contribution is 1.20. The molecule has 0 spiro atoms. The molecule has 4 rings (SSSR count). The van der Waals surface area contributed by atoms with Crippen molar-refractivity contribution in [2.75, 3.05) is 0 Å². The molecule has 0 fully saturated rings. The first-order valence-electron chi connectivity index (χ1n) is 7.82. The second-order valence-corrected chi connectivity index (χ2v) is 5.88. The van der Waals surface area contributed by atoms with E-state index in [0.29, 0.717) is 34.3 Å². The van der Waals surface area contributed by atoms with Crippen molar-refractivity contribution in [1.82, 2.24) is 4.98 Å². The van der Waals surface area contributed by atoms with Crippen LogP contribution in [0.4, 0.5) is 0 Å². The molecule has 0 saturated heterocycles. The fourth-order valence-corrected chi connectivity index (χ4v) is 3.21. The topological polar surface area (TPSA) is 84.9 Å². The molecule has 3 aromatic rings. The minimum absolute atomic E-state index is 0.0561. The van der Waals surface area contributed by atoms with Gasteiger partial charge in [0, 0.05) is 34.3 Å². The molecule has 118 valence electrons. The van der Waals surface area contributed by atoms with Gasteiger partial charge < -0.3 is 16.5 Å². The Morgan fingerprint density at radius 2 is 1.62 bits per heavy atom. The van der Waals surface area contributed by atoms with Crippen molar-refractivity contribution in [3.05, 3.63) is 87.9 Å². The van der Waals surface area contributed by atoms with E-state index in [1.807, 2.05) is 60.7 Å². The highest BCUT2D eigenvalue weighted by atomic mass is 16.1. The lowest BCUT2D eigenvalue weighted by atomic mass is 9.95. The highest BCUT2D eigenvalue weighted by molar-refractivity contribution is 5.94. The van der Waals surface area contributed by atoms with E-state index in [0.717, 1.165) is 16.8 Å². The second kappa shape index (κ2) is 5.42. The predicted molar refractivity (Wildman–Crippen MR) is 98.0 cm³/mol. The van der Waals surface area contributed by atoms with Crippen molar-refractivity contribution in [3.63, 3.8) is 0 Å². The minimum atomic E-state index is -0.0561. The lowest BCUT2D eigenvalue weighted by Gasteiger charge is -2.14. The third-order valence-electron chi connectivity index (χ3n) is 4.37. The zero-order chi connectivity index (χ0) is 16.7. The van der Waals surface area contributed by atoms with Gasteiger partial charge in [-0.05, 0) is 17.7 Å². The number of fused-ring (bicyclic) bond motifs is 1. The summed E-state index contributed by atoms with van der Waals surface area (Å²) in [6.07, 6.45) is 2.43. The van der Waals surface area contributed by atoms with Crippen molar-refractivity contribution < 1.29 is 0 Å². The first-order valence-corrected chi connectivity index (χ1v) is 7.82. The zero-order valence-electron chi connectivity index (χ0n) is 13.0. The molecule has 4 nitrogen and oxygen atoms in total. The second-order valence-electron chi connectivity index (χ2n) is 5.88. The Kier molecular flexibility index (Phi) is 3.24. The predicted octanol–water partition coefficient (Wildman–Crippen LogP) is 3.11. The molecule has 2 aromatic carbocycles. The smallest absolute Gasteiger partial charge is 0.197 e. The monoisotopic (exact) mass is 315 g/mol. The van der Waals surface area contributed by atoms with E-state index in [-0.39, 0.29) is 5.43 Å². The van der Waals surface area contributed by atoms with Crippen LogP contribution in [0.25, 0.3) is 27.7 Å². The van der Waals surface area contributed by atoms with Crippen LogP contribution in [0, 0.1) is 0 Å². The van der Waals surface area contributed by atoms with Gasteiger partial charge in [-0.25, -0.2) is 0 Å². The molecule has 4 heteroatoms. The number of nitrogens with one attached hydrogen (secondary N) is 1. The van der Waals surface area contributed by atoms with E-state index in [2.05, 4.69) is 4.98 Å². The summed E-state index contributed by atoms with van der Waals surface area (Å²) >= 11 is 0. The summed E-state index contributed by atoms with van der Waals surface area (Å²) in [6, 6.07) is 17.2. The number of para-hydroxylation sites is 1. The number of hydrogen-bond donors (Lipinski definition) is 3. The number of rotatable bonds is 2. The molecule has 1 aliphatic rings. The number of benzene rings is 2. The highest BCUT2D eigenvalue weighted by Crippen LogP contribution is 2.34. The fraction of sp³-hybridized carbons (Fsp3) is 0.0500. The molecule has 0 unspecified atom stereocenters. The Balaban J connectivity index is 2.15. The summed E-state index contributed by atoms with van der Waals surface area (Å²) in [5.74, 6) is 0. The number of aromatic nitrogens is 1. The van der Waals surface area contributed by atoms with Gasteiger partial charge in [0.15, 0.2) is 5.43 Å². The van der Waals surface area contributed by atoms with E-state index in [1.54, 1.807) is 0 Å². The Labute approximate surface area is 139 Å². The molecule has 5 N–H and O–H groups in total. The summed E-state index contributed by atoms with van der Waals surface area (Å²) < 4.78 is 0. The van der Waals surface area contributed by atoms with Gasteiger partial charge in [0.1, 0.15) is 0 Å². The Bertz CT molecular complexity index is 1060. The van der Waals surface area contributed by atoms with Crippen molar-refractivity contribution in [2.24, 2.45) is 11.5 Å². The van der Waals surface area contributed by atoms with Crippen LogP contribution in [0.1, 0.15) is 12.0 Å². The number of nitrogens with two attached hydrogens (primary N) is 2. The van der Waals surface area contributed by atoms with Crippen LogP contribution in [0.5, 0.6) is 0 Å². The van der Waals surface area contributed by atoms with Gasteiger partial charge in [0.2, 0.25) is 0 Å².